The summed E-state index contributed by atoms with van der Waals surface area (Å²) in [5.41, 5.74) is 2.21. The predicted molar refractivity (Wildman–Crippen MR) is 83.5 cm³/mol. The van der Waals surface area contributed by atoms with E-state index < -0.39 is 0 Å². The molecule has 0 saturated carbocycles. The highest BCUT2D eigenvalue weighted by atomic mass is 16.3. The van der Waals surface area contributed by atoms with Crippen molar-refractivity contribution in [3.05, 3.63) is 17.6 Å². The standard InChI is InChI=1S/C16H26N4O/c1-12-13(2)17-11-18-16(12)20-8-14(15(9-20)10-21)7-19-5-3-4-6-19/h11,14-15,21H,3-10H2,1-2H3/t14-,15-/m1/s1. The van der Waals surface area contributed by atoms with Crippen LogP contribution in [0.2, 0.25) is 0 Å². The van der Waals surface area contributed by atoms with E-state index in [1.165, 1.54) is 25.9 Å². The van der Waals surface area contributed by atoms with Gasteiger partial charge in [0.25, 0.3) is 0 Å². The van der Waals surface area contributed by atoms with Gasteiger partial charge in [0.15, 0.2) is 0 Å². The van der Waals surface area contributed by atoms with Gasteiger partial charge in [-0.2, -0.15) is 0 Å². The van der Waals surface area contributed by atoms with Crippen molar-refractivity contribution in [2.45, 2.75) is 26.7 Å². The molecule has 21 heavy (non-hydrogen) atoms. The van der Waals surface area contributed by atoms with Crippen molar-refractivity contribution in [1.29, 1.82) is 0 Å². The Morgan fingerprint density at radius 1 is 1.14 bits per heavy atom. The normalized spacial score (nSPS) is 26.7. The maximum Gasteiger partial charge on any atom is 0.135 e. The van der Waals surface area contributed by atoms with Gasteiger partial charge in [-0.25, -0.2) is 9.97 Å². The third kappa shape index (κ3) is 3.04. The van der Waals surface area contributed by atoms with E-state index >= 15 is 0 Å². The molecule has 0 unspecified atom stereocenters. The van der Waals surface area contributed by atoms with Crippen molar-refractivity contribution in [2.75, 3.05) is 44.2 Å². The number of likely N-dealkylation sites (tertiary alicyclic amines) is 1. The molecule has 1 aromatic heterocycles. The molecular weight excluding hydrogens is 264 g/mol. The lowest BCUT2D eigenvalue weighted by Crippen LogP contribution is -2.32. The maximum atomic E-state index is 9.72. The third-order valence-electron chi connectivity index (χ3n) is 5.11. The Kier molecular flexibility index (Phi) is 4.40. The molecule has 2 aliphatic rings. The lowest BCUT2D eigenvalue weighted by atomic mass is 9.96. The minimum Gasteiger partial charge on any atom is -0.396 e. The first-order chi connectivity index (χ1) is 10.2. The molecule has 0 bridgehead atoms. The van der Waals surface area contributed by atoms with E-state index in [0.717, 1.165) is 36.7 Å². The zero-order valence-electron chi connectivity index (χ0n) is 13.1. The molecule has 5 heteroatoms. The Balaban J connectivity index is 1.72. The van der Waals surface area contributed by atoms with Crippen LogP contribution in [0.1, 0.15) is 24.1 Å². The summed E-state index contributed by atoms with van der Waals surface area (Å²) in [6.07, 6.45) is 4.30. The predicted octanol–water partition coefficient (Wildman–Crippen LogP) is 1.23. The van der Waals surface area contributed by atoms with E-state index in [2.05, 4.69) is 26.7 Å². The van der Waals surface area contributed by atoms with Crippen LogP contribution in [0.4, 0.5) is 5.82 Å². The summed E-state index contributed by atoms with van der Waals surface area (Å²) < 4.78 is 0. The van der Waals surface area contributed by atoms with Gasteiger partial charge in [-0.15, -0.1) is 0 Å². The topological polar surface area (TPSA) is 52.5 Å². The first-order valence-corrected chi connectivity index (χ1v) is 8.05. The lowest BCUT2D eigenvalue weighted by molar-refractivity contribution is 0.176. The van der Waals surface area contributed by atoms with Gasteiger partial charge in [-0.3, -0.25) is 0 Å². The van der Waals surface area contributed by atoms with Gasteiger partial charge < -0.3 is 14.9 Å². The largest absolute Gasteiger partial charge is 0.396 e. The fraction of sp³-hybridized carbons (Fsp3) is 0.750. The first-order valence-electron chi connectivity index (χ1n) is 8.05. The maximum absolute atomic E-state index is 9.72. The van der Waals surface area contributed by atoms with Gasteiger partial charge in [0.2, 0.25) is 0 Å². The molecule has 3 rings (SSSR count). The Bertz CT molecular complexity index is 487. The number of anilines is 1. The van der Waals surface area contributed by atoms with Crippen molar-refractivity contribution < 1.29 is 5.11 Å². The number of rotatable bonds is 4. The van der Waals surface area contributed by atoms with Crippen LogP contribution in [0.3, 0.4) is 0 Å². The van der Waals surface area contributed by atoms with Crippen LogP contribution in [-0.4, -0.2) is 59.3 Å². The quantitative estimate of drug-likeness (QED) is 0.904. The number of aryl methyl sites for hydroxylation is 1. The van der Waals surface area contributed by atoms with Crippen LogP contribution in [0.5, 0.6) is 0 Å². The van der Waals surface area contributed by atoms with E-state index in [1.54, 1.807) is 6.33 Å². The Hall–Kier alpha value is -1.20. The summed E-state index contributed by atoms with van der Waals surface area (Å²) in [5.74, 6) is 1.95. The van der Waals surface area contributed by atoms with Crippen LogP contribution >= 0.6 is 0 Å². The van der Waals surface area contributed by atoms with E-state index in [0.29, 0.717) is 11.8 Å². The number of nitrogens with zero attached hydrogens (tertiary/aromatic N) is 4. The van der Waals surface area contributed by atoms with E-state index in [1.807, 2.05) is 6.92 Å². The molecule has 0 aromatic carbocycles. The number of aliphatic hydroxyl groups excluding tert-OH is 1. The van der Waals surface area contributed by atoms with Crippen molar-refractivity contribution in [3.8, 4) is 0 Å². The van der Waals surface area contributed by atoms with Crippen LogP contribution in [0.25, 0.3) is 0 Å². The zero-order chi connectivity index (χ0) is 14.8. The van der Waals surface area contributed by atoms with Crippen LogP contribution < -0.4 is 4.90 Å². The van der Waals surface area contributed by atoms with Crippen LogP contribution in [0, 0.1) is 25.7 Å². The second kappa shape index (κ2) is 6.28. The molecule has 116 valence electrons. The fourth-order valence-corrected chi connectivity index (χ4v) is 3.67. The summed E-state index contributed by atoms with van der Waals surface area (Å²) in [6, 6.07) is 0. The molecule has 0 aliphatic carbocycles. The lowest BCUT2D eigenvalue weighted by Gasteiger charge is -2.23. The number of hydrogen-bond donors (Lipinski definition) is 1. The molecule has 3 heterocycles. The number of aromatic nitrogens is 2. The highest BCUT2D eigenvalue weighted by Crippen LogP contribution is 2.30. The molecule has 2 aliphatic heterocycles. The third-order valence-corrected chi connectivity index (χ3v) is 5.11. The molecule has 1 N–H and O–H groups in total. The van der Waals surface area contributed by atoms with Crippen molar-refractivity contribution >= 4 is 5.82 Å². The summed E-state index contributed by atoms with van der Waals surface area (Å²) in [6.45, 7) is 9.86. The number of aliphatic hydroxyl groups is 1. The summed E-state index contributed by atoms with van der Waals surface area (Å²) >= 11 is 0. The fourth-order valence-electron chi connectivity index (χ4n) is 3.67. The Labute approximate surface area is 127 Å². The SMILES string of the molecule is Cc1ncnc(N2C[C@@H](CN3CCCC3)[C@@H](CO)C2)c1C. The first kappa shape index (κ1) is 14.7. The second-order valence-corrected chi connectivity index (χ2v) is 6.52. The van der Waals surface area contributed by atoms with Crippen molar-refractivity contribution in [2.24, 2.45) is 11.8 Å². The van der Waals surface area contributed by atoms with E-state index in [-0.39, 0.29) is 6.61 Å². The Morgan fingerprint density at radius 3 is 2.57 bits per heavy atom. The molecular formula is C16H26N4O. The van der Waals surface area contributed by atoms with Gasteiger partial charge >= 0.3 is 0 Å². The molecule has 5 nitrogen and oxygen atoms in total. The van der Waals surface area contributed by atoms with Crippen LogP contribution in [0.15, 0.2) is 6.33 Å². The molecule has 1 aromatic rings. The van der Waals surface area contributed by atoms with E-state index in [4.69, 9.17) is 0 Å². The van der Waals surface area contributed by atoms with Crippen molar-refractivity contribution in [3.63, 3.8) is 0 Å². The highest BCUT2D eigenvalue weighted by molar-refractivity contribution is 5.48. The zero-order valence-corrected chi connectivity index (χ0v) is 13.1. The monoisotopic (exact) mass is 290 g/mol. The smallest absolute Gasteiger partial charge is 0.135 e. The highest BCUT2D eigenvalue weighted by Gasteiger charge is 2.35. The second-order valence-electron chi connectivity index (χ2n) is 6.52. The minimum atomic E-state index is 0.276. The van der Waals surface area contributed by atoms with Gasteiger partial charge in [-0.1, -0.05) is 0 Å². The molecule has 2 saturated heterocycles. The molecule has 0 radical (unpaired) electrons. The van der Waals surface area contributed by atoms with E-state index in [9.17, 15) is 5.11 Å². The van der Waals surface area contributed by atoms with Gasteiger partial charge in [0.1, 0.15) is 12.1 Å². The van der Waals surface area contributed by atoms with Crippen LogP contribution in [-0.2, 0) is 0 Å². The van der Waals surface area contributed by atoms with Gasteiger partial charge in [0.05, 0.1) is 0 Å². The number of hydrogen-bond acceptors (Lipinski definition) is 5. The molecule has 0 amide bonds. The van der Waals surface area contributed by atoms with Gasteiger partial charge in [-0.05, 0) is 45.7 Å². The summed E-state index contributed by atoms with van der Waals surface area (Å²) in [4.78, 5) is 13.6. The minimum absolute atomic E-state index is 0.276. The van der Waals surface area contributed by atoms with Gasteiger partial charge in [0, 0.05) is 43.4 Å². The molecule has 2 fully saturated rings. The Morgan fingerprint density at radius 2 is 1.86 bits per heavy atom. The molecule has 0 spiro atoms. The summed E-state index contributed by atoms with van der Waals surface area (Å²) in [5, 5.41) is 9.72. The average Bonchev–Trinajstić information content (AvgIpc) is 3.12. The summed E-state index contributed by atoms with van der Waals surface area (Å²) in [7, 11) is 0. The molecule has 2 atom stereocenters. The van der Waals surface area contributed by atoms with Crippen molar-refractivity contribution in [1.82, 2.24) is 14.9 Å². The average molecular weight is 290 g/mol.